The van der Waals surface area contributed by atoms with Crippen molar-refractivity contribution < 1.29 is 4.39 Å². The molecule has 1 nitrogen and oxygen atoms in total. The molecule has 0 heterocycles. The van der Waals surface area contributed by atoms with Crippen LogP contribution < -0.4 is 5.32 Å². The normalized spacial score (nSPS) is 11.9. The summed E-state index contributed by atoms with van der Waals surface area (Å²) in [5.74, 6) is -0.172. The molecule has 0 aliphatic rings. The van der Waals surface area contributed by atoms with Crippen LogP contribution in [0.5, 0.6) is 0 Å². The predicted octanol–water partition coefficient (Wildman–Crippen LogP) is 3.15. The van der Waals surface area contributed by atoms with Crippen molar-refractivity contribution in [1.82, 2.24) is 5.32 Å². The van der Waals surface area contributed by atoms with Gasteiger partial charge in [0, 0.05) is 6.54 Å². The molecule has 1 aromatic rings. The minimum absolute atomic E-state index is 0.172. The van der Waals surface area contributed by atoms with Gasteiger partial charge in [-0.1, -0.05) is 24.6 Å². The molecular weight excluding hydrogens is 189 g/mol. The summed E-state index contributed by atoms with van der Waals surface area (Å²) in [4.78, 5) is 0. The van der Waals surface area contributed by atoms with Crippen molar-refractivity contribution >= 4 is 6.08 Å². The Bertz CT molecular complexity index is 356. The van der Waals surface area contributed by atoms with E-state index in [0.717, 1.165) is 24.2 Å². The summed E-state index contributed by atoms with van der Waals surface area (Å²) in [5, 5.41) is 3.26. The van der Waals surface area contributed by atoms with Gasteiger partial charge >= 0.3 is 0 Å². The highest BCUT2D eigenvalue weighted by molar-refractivity contribution is 5.56. The fourth-order valence-corrected chi connectivity index (χ4v) is 1.44. The molecule has 0 aliphatic carbocycles. The Balaban J connectivity index is 2.78. The van der Waals surface area contributed by atoms with Crippen LogP contribution in [0.25, 0.3) is 6.08 Å². The molecule has 0 amide bonds. The van der Waals surface area contributed by atoms with Crippen LogP contribution in [0.15, 0.2) is 23.8 Å². The van der Waals surface area contributed by atoms with E-state index >= 15 is 0 Å². The second-order valence-electron chi connectivity index (χ2n) is 3.77. The highest BCUT2D eigenvalue weighted by Crippen LogP contribution is 2.13. The number of hydrogen-bond acceptors (Lipinski definition) is 1. The Labute approximate surface area is 91.0 Å². The molecule has 0 bridgehead atoms. The van der Waals surface area contributed by atoms with E-state index < -0.39 is 0 Å². The number of hydrogen-bond donors (Lipinski definition) is 1. The maximum Gasteiger partial charge on any atom is 0.123 e. The van der Waals surface area contributed by atoms with Crippen molar-refractivity contribution in [1.29, 1.82) is 0 Å². The first kappa shape index (κ1) is 11.9. The number of likely N-dealkylation sites (N-methyl/N-ethyl adjacent to an activating group) is 1. The lowest BCUT2D eigenvalue weighted by Gasteiger charge is -2.04. The summed E-state index contributed by atoms with van der Waals surface area (Å²) < 4.78 is 12.9. The van der Waals surface area contributed by atoms with E-state index in [4.69, 9.17) is 0 Å². The van der Waals surface area contributed by atoms with Crippen LogP contribution in [0.4, 0.5) is 4.39 Å². The fourth-order valence-electron chi connectivity index (χ4n) is 1.44. The minimum Gasteiger partial charge on any atom is -0.313 e. The molecular formula is C13H18FN. The highest BCUT2D eigenvalue weighted by atomic mass is 19.1. The van der Waals surface area contributed by atoms with Gasteiger partial charge in [-0.15, -0.1) is 0 Å². The molecule has 0 unspecified atom stereocenters. The van der Waals surface area contributed by atoms with Crippen LogP contribution in [0, 0.1) is 12.7 Å². The predicted molar refractivity (Wildman–Crippen MR) is 63.3 cm³/mol. The molecule has 0 aromatic heterocycles. The maximum absolute atomic E-state index is 12.9. The lowest BCUT2D eigenvalue weighted by atomic mass is 10.1. The molecule has 0 spiro atoms. The van der Waals surface area contributed by atoms with Crippen LogP contribution >= 0.6 is 0 Å². The molecule has 1 aromatic carbocycles. The van der Waals surface area contributed by atoms with Crippen molar-refractivity contribution in [2.24, 2.45) is 0 Å². The number of benzene rings is 1. The van der Waals surface area contributed by atoms with Gasteiger partial charge in [0.05, 0.1) is 0 Å². The quantitative estimate of drug-likeness (QED) is 0.799. The number of aryl methyl sites for hydroxylation is 1. The maximum atomic E-state index is 12.9. The Kier molecular flexibility index (Phi) is 4.50. The van der Waals surface area contributed by atoms with Gasteiger partial charge in [0.2, 0.25) is 0 Å². The summed E-state index contributed by atoms with van der Waals surface area (Å²) in [6, 6.07) is 4.88. The Hall–Kier alpha value is -1.15. The molecule has 1 N–H and O–H groups in total. The number of nitrogens with one attached hydrogen (secondary N) is 1. The van der Waals surface area contributed by atoms with Gasteiger partial charge in [0.15, 0.2) is 0 Å². The van der Waals surface area contributed by atoms with E-state index in [1.807, 2.05) is 13.0 Å². The minimum atomic E-state index is -0.172. The zero-order valence-corrected chi connectivity index (χ0v) is 9.60. The first-order chi connectivity index (χ1) is 7.13. The van der Waals surface area contributed by atoms with Crippen LogP contribution in [-0.4, -0.2) is 13.1 Å². The van der Waals surface area contributed by atoms with Crippen molar-refractivity contribution in [3.63, 3.8) is 0 Å². The monoisotopic (exact) mass is 207 g/mol. The molecule has 82 valence electrons. The zero-order chi connectivity index (χ0) is 11.3. The Morgan fingerprint density at radius 2 is 2.20 bits per heavy atom. The van der Waals surface area contributed by atoms with Gasteiger partial charge in [0.25, 0.3) is 0 Å². The van der Waals surface area contributed by atoms with Crippen LogP contribution in [0.1, 0.15) is 25.0 Å². The van der Waals surface area contributed by atoms with Crippen molar-refractivity contribution in [2.75, 3.05) is 13.1 Å². The van der Waals surface area contributed by atoms with Gasteiger partial charge in [-0.25, -0.2) is 4.39 Å². The molecule has 0 aliphatic heterocycles. The average Bonchev–Trinajstić information content (AvgIpc) is 2.19. The molecule has 0 radical (unpaired) electrons. The van der Waals surface area contributed by atoms with Crippen molar-refractivity contribution in [3.05, 3.63) is 40.7 Å². The van der Waals surface area contributed by atoms with E-state index in [-0.39, 0.29) is 5.82 Å². The van der Waals surface area contributed by atoms with E-state index in [2.05, 4.69) is 25.2 Å². The summed E-state index contributed by atoms with van der Waals surface area (Å²) >= 11 is 0. The second kappa shape index (κ2) is 5.66. The topological polar surface area (TPSA) is 12.0 Å². The molecule has 0 fully saturated rings. The van der Waals surface area contributed by atoms with Gasteiger partial charge in [0.1, 0.15) is 5.82 Å². The third-order valence-electron chi connectivity index (χ3n) is 2.29. The van der Waals surface area contributed by atoms with Gasteiger partial charge in [-0.2, -0.15) is 0 Å². The average molecular weight is 207 g/mol. The van der Waals surface area contributed by atoms with E-state index in [1.165, 1.54) is 11.6 Å². The molecule has 0 saturated heterocycles. The first-order valence-electron chi connectivity index (χ1n) is 5.27. The van der Waals surface area contributed by atoms with Gasteiger partial charge in [-0.05, 0) is 43.7 Å². The smallest absolute Gasteiger partial charge is 0.123 e. The summed E-state index contributed by atoms with van der Waals surface area (Å²) in [6.45, 7) is 7.93. The van der Waals surface area contributed by atoms with E-state index in [1.54, 1.807) is 6.07 Å². The lowest BCUT2D eigenvalue weighted by Crippen LogP contribution is -2.14. The molecule has 1 rings (SSSR count). The summed E-state index contributed by atoms with van der Waals surface area (Å²) in [6.07, 6.45) is 2.09. The van der Waals surface area contributed by atoms with E-state index in [0.29, 0.717) is 0 Å². The lowest BCUT2D eigenvalue weighted by molar-refractivity contribution is 0.626. The van der Waals surface area contributed by atoms with Crippen molar-refractivity contribution in [3.8, 4) is 0 Å². The number of halogens is 1. The third kappa shape index (κ3) is 3.84. The Morgan fingerprint density at radius 3 is 2.80 bits per heavy atom. The van der Waals surface area contributed by atoms with Crippen LogP contribution in [0.2, 0.25) is 0 Å². The Morgan fingerprint density at radius 1 is 1.47 bits per heavy atom. The highest BCUT2D eigenvalue weighted by Gasteiger charge is 1.97. The largest absolute Gasteiger partial charge is 0.313 e. The van der Waals surface area contributed by atoms with Gasteiger partial charge in [-0.3, -0.25) is 0 Å². The third-order valence-corrected chi connectivity index (χ3v) is 2.29. The molecule has 0 atom stereocenters. The van der Waals surface area contributed by atoms with Gasteiger partial charge < -0.3 is 5.32 Å². The van der Waals surface area contributed by atoms with Crippen molar-refractivity contribution in [2.45, 2.75) is 20.8 Å². The standard InChI is InChI=1S/C13H18FN/c1-4-15-9-10(2)7-12-5-6-13(14)8-11(12)3/h5-8,15H,4,9H2,1-3H3. The fraction of sp³-hybridized carbons (Fsp3) is 0.385. The first-order valence-corrected chi connectivity index (χ1v) is 5.27. The zero-order valence-electron chi connectivity index (χ0n) is 9.60. The molecule has 2 heteroatoms. The SMILES string of the molecule is CCNCC(C)=Cc1ccc(F)cc1C. The number of rotatable bonds is 4. The summed E-state index contributed by atoms with van der Waals surface area (Å²) in [7, 11) is 0. The summed E-state index contributed by atoms with van der Waals surface area (Å²) in [5.41, 5.74) is 3.32. The second-order valence-corrected chi connectivity index (χ2v) is 3.77. The van der Waals surface area contributed by atoms with Crippen LogP contribution in [-0.2, 0) is 0 Å². The van der Waals surface area contributed by atoms with Crippen LogP contribution in [0.3, 0.4) is 0 Å². The van der Waals surface area contributed by atoms with E-state index in [9.17, 15) is 4.39 Å². The molecule has 15 heavy (non-hydrogen) atoms. The molecule has 0 saturated carbocycles.